The van der Waals surface area contributed by atoms with Crippen LogP contribution in [-0.2, 0) is 0 Å². The van der Waals surface area contributed by atoms with Crippen LogP contribution >= 0.6 is 0 Å². The van der Waals surface area contributed by atoms with E-state index in [2.05, 4.69) is 92.7 Å². The molecule has 2 nitrogen and oxygen atoms in total. The first-order valence-electron chi connectivity index (χ1n) is 11.8. The van der Waals surface area contributed by atoms with E-state index in [0.717, 1.165) is 33.2 Å². The Labute approximate surface area is 197 Å². The summed E-state index contributed by atoms with van der Waals surface area (Å²) in [5, 5.41) is 9.81. The van der Waals surface area contributed by atoms with E-state index in [0.29, 0.717) is 5.92 Å². The zero-order valence-electron chi connectivity index (χ0n) is 19.2. The second-order valence-corrected chi connectivity index (χ2v) is 9.40. The molecule has 7 aromatic rings. The number of aromatic nitrogens is 1. The molecule has 0 aliphatic heterocycles. The third-order valence-corrected chi connectivity index (χ3v) is 7.07. The molecule has 0 N–H and O–H groups in total. The largest absolute Gasteiger partial charge is 0.456 e. The highest BCUT2D eigenvalue weighted by Crippen LogP contribution is 2.40. The molecule has 0 unspecified atom stereocenters. The van der Waals surface area contributed by atoms with Gasteiger partial charge in [-0.3, -0.25) is 4.98 Å². The van der Waals surface area contributed by atoms with Crippen molar-refractivity contribution in [3.8, 4) is 11.3 Å². The number of hydrogen-bond donors (Lipinski definition) is 0. The number of rotatable bonds is 2. The number of hydrogen-bond acceptors (Lipinski definition) is 2. The van der Waals surface area contributed by atoms with Crippen molar-refractivity contribution in [3.05, 3.63) is 103 Å². The molecule has 0 radical (unpaired) electrons. The van der Waals surface area contributed by atoms with Crippen molar-refractivity contribution >= 4 is 54.3 Å². The topological polar surface area (TPSA) is 26.0 Å². The maximum absolute atomic E-state index is 6.30. The lowest BCUT2D eigenvalue weighted by molar-refractivity contribution is 0.657. The van der Waals surface area contributed by atoms with Gasteiger partial charge in [-0.25, -0.2) is 0 Å². The molecular formula is C32H23NO. The summed E-state index contributed by atoms with van der Waals surface area (Å²) in [6.45, 7) is 4.45. The van der Waals surface area contributed by atoms with Crippen LogP contribution in [0.5, 0.6) is 0 Å². The highest BCUT2D eigenvalue weighted by Gasteiger charge is 2.17. The molecule has 0 aliphatic rings. The van der Waals surface area contributed by atoms with E-state index in [9.17, 15) is 0 Å². The zero-order chi connectivity index (χ0) is 22.8. The Balaban J connectivity index is 1.56. The van der Waals surface area contributed by atoms with Gasteiger partial charge in [-0.1, -0.05) is 80.6 Å². The number of benzene rings is 5. The molecule has 0 aliphatic carbocycles. The Morgan fingerprint density at radius 3 is 2.21 bits per heavy atom. The van der Waals surface area contributed by atoms with Crippen molar-refractivity contribution in [1.82, 2.24) is 4.98 Å². The summed E-state index contributed by atoms with van der Waals surface area (Å²) in [6, 6.07) is 32.5. The normalized spacial score (nSPS) is 12.1. The SMILES string of the molecule is CC(C)c1cc(-c2nccc3c2ccc2c4ccccc4ccc32)cc2c1oc1ccccc12. The Morgan fingerprint density at radius 2 is 1.32 bits per heavy atom. The Kier molecular flexibility index (Phi) is 4.07. The number of para-hydroxylation sites is 1. The first-order chi connectivity index (χ1) is 16.7. The van der Waals surface area contributed by atoms with Crippen molar-refractivity contribution in [1.29, 1.82) is 0 Å². The second kappa shape index (κ2) is 7.16. The third kappa shape index (κ3) is 2.72. The van der Waals surface area contributed by atoms with Gasteiger partial charge in [-0.05, 0) is 62.7 Å². The third-order valence-electron chi connectivity index (χ3n) is 7.07. The van der Waals surface area contributed by atoms with E-state index in [1.165, 1.54) is 37.9 Å². The number of nitrogens with zero attached hydrogens (tertiary/aromatic N) is 1. The molecule has 2 heteroatoms. The predicted octanol–water partition coefficient (Wildman–Crippen LogP) is 9.23. The van der Waals surface area contributed by atoms with Crippen LogP contribution in [0, 0.1) is 0 Å². The Hall–Kier alpha value is -4.17. The lowest BCUT2D eigenvalue weighted by atomic mass is 9.92. The molecule has 0 spiro atoms. The van der Waals surface area contributed by atoms with Gasteiger partial charge < -0.3 is 4.42 Å². The lowest BCUT2D eigenvalue weighted by Gasteiger charge is -2.13. The van der Waals surface area contributed by atoms with Gasteiger partial charge in [0.1, 0.15) is 11.2 Å². The summed E-state index contributed by atoms with van der Waals surface area (Å²) in [4.78, 5) is 4.89. The minimum absolute atomic E-state index is 0.338. The van der Waals surface area contributed by atoms with Gasteiger partial charge in [-0.15, -0.1) is 0 Å². The second-order valence-electron chi connectivity index (χ2n) is 9.40. The smallest absolute Gasteiger partial charge is 0.138 e. The standard InChI is InChI=1S/C32H23NO/c1-19(2)28-17-21(18-29-26-9-5-6-10-30(26)34-32(28)29)31-27-14-13-23-22-8-4-3-7-20(22)11-12-24(23)25(27)15-16-33-31/h3-19H,1-2H3. The molecule has 162 valence electrons. The van der Waals surface area contributed by atoms with Gasteiger partial charge in [0.05, 0.1) is 5.69 Å². The molecule has 0 amide bonds. The number of pyridine rings is 1. The monoisotopic (exact) mass is 437 g/mol. The summed E-state index contributed by atoms with van der Waals surface area (Å²) < 4.78 is 6.30. The van der Waals surface area contributed by atoms with Crippen LogP contribution in [0.25, 0.3) is 65.5 Å². The molecule has 0 fully saturated rings. The van der Waals surface area contributed by atoms with E-state index in [-0.39, 0.29) is 0 Å². The average molecular weight is 438 g/mol. The van der Waals surface area contributed by atoms with Gasteiger partial charge in [0, 0.05) is 27.9 Å². The first-order valence-corrected chi connectivity index (χ1v) is 11.8. The van der Waals surface area contributed by atoms with E-state index in [1.54, 1.807) is 0 Å². The molecule has 34 heavy (non-hydrogen) atoms. The van der Waals surface area contributed by atoms with Crippen molar-refractivity contribution in [2.45, 2.75) is 19.8 Å². The maximum atomic E-state index is 6.30. The van der Waals surface area contributed by atoms with E-state index >= 15 is 0 Å². The van der Waals surface area contributed by atoms with Crippen LogP contribution < -0.4 is 0 Å². The van der Waals surface area contributed by atoms with Gasteiger partial charge in [-0.2, -0.15) is 0 Å². The lowest BCUT2D eigenvalue weighted by Crippen LogP contribution is -1.92. The van der Waals surface area contributed by atoms with E-state index in [4.69, 9.17) is 9.40 Å². The first kappa shape index (κ1) is 19.3. The molecule has 0 atom stereocenters. The van der Waals surface area contributed by atoms with Gasteiger partial charge >= 0.3 is 0 Å². The van der Waals surface area contributed by atoms with Crippen LogP contribution in [0.2, 0.25) is 0 Å². The highest BCUT2D eigenvalue weighted by molar-refractivity contribution is 6.19. The molecule has 2 heterocycles. The van der Waals surface area contributed by atoms with Crippen LogP contribution in [0.4, 0.5) is 0 Å². The van der Waals surface area contributed by atoms with Gasteiger partial charge in [0.2, 0.25) is 0 Å². The maximum Gasteiger partial charge on any atom is 0.138 e. The minimum Gasteiger partial charge on any atom is -0.456 e. The summed E-state index contributed by atoms with van der Waals surface area (Å²) in [7, 11) is 0. The molecule has 5 aromatic carbocycles. The van der Waals surface area contributed by atoms with Crippen molar-refractivity contribution < 1.29 is 4.42 Å². The van der Waals surface area contributed by atoms with Crippen LogP contribution in [-0.4, -0.2) is 4.98 Å². The number of furan rings is 1. The fourth-order valence-corrected chi connectivity index (χ4v) is 5.40. The predicted molar refractivity (Wildman–Crippen MR) is 144 cm³/mol. The van der Waals surface area contributed by atoms with Crippen LogP contribution in [0.3, 0.4) is 0 Å². The summed E-state index contributed by atoms with van der Waals surface area (Å²) in [5.41, 5.74) is 5.28. The molecule has 7 rings (SSSR count). The molecule has 0 saturated carbocycles. The summed E-state index contributed by atoms with van der Waals surface area (Å²) >= 11 is 0. The molecule has 0 bridgehead atoms. The Morgan fingerprint density at radius 1 is 0.618 bits per heavy atom. The minimum atomic E-state index is 0.338. The number of fused-ring (bicyclic) bond motifs is 8. The molecule has 0 saturated heterocycles. The highest BCUT2D eigenvalue weighted by atomic mass is 16.3. The van der Waals surface area contributed by atoms with Crippen molar-refractivity contribution in [2.75, 3.05) is 0 Å². The Bertz CT molecular complexity index is 1890. The van der Waals surface area contributed by atoms with E-state index in [1.807, 2.05) is 18.3 Å². The summed E-state index contributed by atoms with van der Waals surface area (Å²) in [6.07, 6.45) is 1.94. The van der Waals surface area contributed by atoms with Crippen LogP contribution in [0.15, 0.2) is 102 Å². The average Bonchev–Trinajstić information content (AvgIpc) is 3.26. The molecular weight excluding hydrogens is 414 g/mol. The van der Waals surface area contributed by atoms with E-state index < -0.39 is 0 Å². The van der Waals surface area contributed by atoms with Gasteiger partial charge in [0.15, 0.2) is 0 Å². The van der Waals surface area contributed by atoms with Crippen molar-refractivity contribution in [3.63, 3.8) is 0 Å². The zero-order valence-corrected chi connectivity index (χ0v) is 19.2. The van der Waals surface area contributed by atoms with Gasteiger partial charge in [0.25, 0.3) is 0 Å². The van der Waals surface area contributed by atoms with Crippen molar-refractivity contribution in [2.24, 2.45) is 0 Å². The molecule has 2 aromatic heterocycles. The van der Waals surface area contributed by atoms with Crippen LogP contribution in [0.1, 0.15) is 25.3 Å². The summed E-state index contributed by atoms with van der Waals surface area (Å²) in [5.74, 6) is 0.338. The fourth-order valence-electron chi connectivity index (χ4n) is 5.40. The fraction of sp³-hybridized carbons (Fsp3) is 0.0938. The quantitative estimate of drug-likeness (QED) is 0.252.